The number of carbonyl (C=O) groups is 1. The second-order valence-electron chi connectivity index (χ2n) is 4.35. The van der Waals surface area contributed by atoms with Crippen LogP contribution in [0.5, 0.6) is 11.5 Å². The van der Waals surface area contributed by atoms with Crippen LogP contribution in [0.25, 0.3) is 0 Å². The highest BCUT2D eigenvalue weighted by Crippen LogP contribution is 2.38. The van der Waals surface area contributed by atoms with Crippen LogP contribution in [-0.2, 0) is 0 Å². The van der Waals surface area contributed by atoms with E-state index in [1.165, 1.54) is 17.8 Å². The summed E-state index contributed by atoms with van der Waals surface area (Å²) >= 11 is 7.28. The fourth-order valence-electron chi connectivity index (χ4n) is 1.97. The summed E-state index contributed by atoms with van der Waals surface area (Å²) in [6, 6.07) is 10.2. The quantitative estimate of drug-likeness (QED) is 0.927. The zero-order valence-electron chi connectivity index (χ0n) is 10.8. The molecule has 0 saturated carbocycles. The molecule has 1 N–H and O–H groups in total. The molecule has 6 heteroatoms. The van der Waals surface area contributed by atoms with Crippen molar-refractivity contribution in [3.05, 3.63) is 47.0 Å². The fraction of sp³-hybridized carbons (Fsp3) is 0.133. The Morgan fingerprint density at radius 1 is 1.10 bits per heavy atom. The summed E-state index contributed by atoms with van der Waals surface area (Å²) in [4.78, 5) is 12.7. The molecule has 4 nitrogen and oxygen atoms in total. The molecule has 3 rings (SSSR count). The SMILES string of the molecule is O=C(O)c1ccc(Cl)cc1Sc1ccc2c(c1)OCCO2. The van der Waals surface area contributed by atoms with Crippen molar-refractivity contribution in [3.8, 4) is 11.5 Å². The minimum Gasteiger partial charge on any atom is -0.486 e. The van der Waals surface area contributed by atoms with Gasteiger partial charge in [-0.05, 0) is 36.4 Å². The van der Waals surface area contributed by atoms with E-state index in [1.54, 1.807) is 12.1 Å². The molecule has 0 bridgehead atoms. The van der Waals surface area contributed by atoms with Crippen LogP contribution in [0, 0.1) is 0 Å². The summed E-state index contributed by atoms with van der Waals surface area (Å²) in [7, 11) is 0. The molecule has 2 aromatic carbocycles. The first kappa shape index (κ1) is 14.1. The minimum absolute atomic E-state index is 0.222. The molecule has 0 fully saturated rings. The third-order valence-electron chi connectivity index (χ3n) is 2.92. The van der Waals surface area contributed by atoms with E-state index >= 15 is 0 Å². The summed E-state index contributed by atoms with van der Waals surface area (Å²) in [5.74, 6) is 0.395. The third-order valence-corrected chi connectivity index (χ3v) is 4.20. The van der Waals surface area contributed by atoms with Crippen LogP contribution in [0.4, 0.5) is 0 Å². The molecule has 0 radical (unpaired) electrons. The zero-order valence-corrected chi connectivity index (χ0v) is 12.4. The van der Waals surface area contributed by atoms with Gasteiger partial charge >= 0.3 is 5.97 Å². The Hall–Kier alpha value is -1.85. The maximum atomic E-state index is 11.3. The molecule has 2 aromatic rings. The Labute approximate surface area is 130 Å². The van der Waals surface area contributed by atoms with E-state index in [1.807, 2.05) is 18.2 Å². The maximum absolute atomic E-state index is 11.3. The van der Waals surface area contributed by atoms with Gasteiger partial charge in [-0.1, -0.05) is 23.4 Å². The van der Waals surface area contributed by atoms with E-state index in [4.69, 9.17) is 21.1 Å². The number of ether oxygens (including phenoxy) is 2. The van der Waals surface area contributed by atoms with Crippen LogP contribution in [0.15, 0.2) is 46.2 Å². The highest BCUT2D eigenvalue weighted by molar-refractivity contribution is 7.99. The van der Waals surface area contributed by atoms with Gasteiger partial charge < -0.3 is 14.6 Å². The van der Waals surface area contributed by atoms with Crippen LogP contribution in [0.2, 0.25) is 5.02 Å². The molecular formula is C15H11ClO4S. The van der Waals surface area contributed by atoms with Crippen LogP contribution >= 0.6 is 23.4 Å². The first-order valence-electron chi connectivity index (χ1n) is 6.24. The molecule has 108 valence electrons. The van der Waals surface area contributed by atoms with Crippen molar-refractivity contribution in [2.75, 3.05) is 13.2 Å². The molecular weight excluding hydrogens is 312 g/mol. The lowest BCUT2D eigenvalue weighted by molar-refractivity contribution is 0.0693. The second kappa shape index (κ2) is 5.87. The summed E-state index contributed by atoms with van der Waals surface area (Å²) in [5.41, 5.74) is 0.222. The highest BCUT2D eigenvalue weighted by atomic mass is 35.5. The van der Waals surface area contributed by atoms with Crippen molar-refractivity contribution in [2.45, 2.75) is 9.79 Å². The smallest absolute Gasteiger partial charge is 0.336 e. The fourth-order valence-corrected chi connectivity index (χ4v) is 3.22. The second-order valence-corrected chi connectivity index (χ2v) is 5.90. The van der Waals surface area contributed by atoms with Gasteiger partial charge in [0.1, 0.15) is 13.2 Å². The van der Waals surface area contributed by atoms with Crippen molar-refractivity contribution < 1.29 is 19.4 Å². The highest BCUT2D eigenvalue weighted by Gasteiger charge is 2.15. The van der Waals surface area contributed by atoms with Crippen LogP contribution in [0.1, 0.15) is 10.4 Å². The maximum Gasteiger partial charge on any atom is 0.336 e. The van der Waals surface area contributed by atoms with Crippen molar-refractivity contribution in [1.82, 2.24) is 0 Å². The topological polar surface area (TPSA) is 55.8 Å². The molecule has 1 aliphatic rings. The average molecular weight is 323 g/mol. The lowest BCUT2D eigenvalue weighted by atomic mass is 10.2. The summed E-state index contributed by atoms with van der Waals surface area (Å²) in [6.45, 7) is 1.05. The van der Waals surface area contributed by atoms with Gasteiger partial charge in [0.15, 0.2) is 11.5 Å². The van der Waals surface area contributed by atoms with Crippen molar-refractivity contribution >= 4 is 29.3 Å². The molecule has 0 spiro atoms. The number of aromatic carboxylic acids is 1. The third kappa shape index (κ3) is 3.09. The van der Waals surface area contributed by atoms with E-state index in [0.717, 1.165) is 4.90 Å². The predicted molar refractivity (Wildman–Crippen MR) is 80.0 cm³/mol. The van der Waals surface area contributed by atoms with E-state index < -0.39 is 5.97 Å². The molecule has 0 aromatic heterocycles. The number of rotatable bonds is 3. The van der Waals surface area contributed by atoms with Gasteiger partial charge in [-0.15, -0.1) is 0 Å². The number of carboxylic acid groups (broad SMARTS) is 1. The molecule has 0 unspecified atom stereocenters. The Kier molecular flexibility index (Phi) is 3.94. The Bertz CT molecular complexity index is 702. The average Bonchev–Trinajstić information content (AvgIpc) is 2.47. The van der Waals surface area contributed by atoms with Gasteiger partial charge in [-0.2, -0.15) is 0 Å². The molecule has 1 aliphatic heterocycles. The molecule has 0 amide bonds. The van der Waals surface area contributed by atoms with E-state index in [9.17, 15) is 9.90 Å². The molecule has 0 saturated heterocycles. The van der Waals surface area contributed by atoms with Crippen molar-refractivity contribution in [2.24, 2.45) is 0 Å². The molecule has 0 aliphatic carbocycles. The number of benzene rings is 2. The number of fused-ring (bicyclic) bond motifs is 1. The summed E-state index contributed by atoms with van der Waals surface area (Å²) in [6.07, 6.45) is 0. The van der Waals surface area contributed by atoms with Gasteiger partial charge in [0, 0.05) is 14.8 Å². The normalized spacial score (nSPS) is 13.0. The number of halogens is 1. The molecule has 21 heavy (non-hydrogen) atoms. The van der Waals surface area contributed by atoms with Crippen molar-refractivity contribution in [1.29, 1.82) is 0 Å². The molecule has 0 atom stereocenters. The number of carboxylic acids is 1. The Morgan fingerprint density at radius 2 is 1.86 bits per heavy atom. The van der Waals surface area contributed by atoms with Gasteiger partial charge in [-0.3, -0.25) is 0 Å². The van der Waals surface area contributed by atoms with Gasteiger partial charge in [-0.25, -0.2) is 4.79 Å². The lowest BCUT2D eigenvalue weighted by Gasteiger charge is -2.18. The first-order valence-corrected chi connectivity index (χ1v) is 7.43. The Morgan fingerprint density at radius 3 is 2.62 bits per heavy atom. The summed E-state index contributed by atoms with van der Waals surface area (Å²) < 4.78 is 11.0. The zero-order chi connectivity index (χ0) is 14.8. The van der Waals surface area contributed by atoms with Gasteiger partial charge in [0.05, 0.1) is 5.56 Å². The van der Waals surface area contributed by atoms with E-state index in [2.05, 4.69) is 0 Å². The standard InChI is InChI=1S/C15H11ClO4S/c16-9-1-3-11(15(17)18)14(7-9)21-10-2-4-12-13(8-10)20-6-5-19-12/h1-4,7-8H,5-6H2,(H,17,18). The van der Waals surface area contributed by atoms with Crippen LogP contribution in [0.3, 0.4) is 0 Å². The largest absolute Gasteiger partial charge is 0.486 e. The first-order chi connectivity index (χ1) is 10.1. The Balaban J connectivity index is 1.93. The van der Waals surface area contributed by atoms with E-state index in [-0.39, 0.29) is 5.56 Å². The number of hydrogen-bond acceptors (Lipinski definition) is 4. The van der Waals surface area contributed by atoms with Gasteiger partial charge in [0.2, 0.25) is 0 Å². The predicted octanol–water partition coefficient (Wildman–Crippen LogP) is 3.96. The monoisotopic (exact) mass is 322 g/mol. The van der Waals surface area contributed by atoms with E-state index in [0.29, 0.717) is 34.6 Å². The summed E-state index contributed by atoms with van der Waals surface area (Å²) in [5, 5.41) is 9.73. The van der Waals surface area contributed by atoms with Crippen molar-refractivity contribution in [3.63, 3.8) is 0 Å². The minimum atomic E-state index is -0.980. The molecule has 1 heterocycles. The number of hydrogen-bond donors (Lipinski definition) is 1. The lowest BCUT2D eigenvalue weighted by Crippen LogP contribution is -2.15. The van der Waals surface area contributed by atoms with Gasteiger partial charge in [0.25, 0.3) is 0 Å². The van der Waals surface area contributed by atoms with Crippen LogP contribution in [-0.4, -0.2) is 24.3 Å². The van der Waals surface area contributed by atoms with Crippen LogP contribution < -0.4 is 9.47 Å².